The summed E-state index contributed by atoms with van der Waals surface area (Å²) in [5, 5.41) is 0. The van der Waals surface area contributed by atoms with Crippen molar-refractivity contribution < 1.29 is 4.42 Å². The lowest BCUT2D eigenvalue weighted by molar-refractivity contribution is 0.589. The first-order valence-electron chi connectivity index (χ1n) is 9.48. The van der Waals surface area contributed by atoms with Crippen LogP contribution in [-0.4, -0.2) is 4.98 Å². The molecule has 1 aliphatic rings. The molecule has 0 radical (unpaired) electrons. The third kappa shape index (κ3) is 2.97. The molecule has 0 bridgehead atoms. The van der Waals surface area contributed by atoms with Gasteiger partial charge in [0, 0.05) is 11.1 Å². The van der Waals surface area contributed by atoms with E-state index in [1.165, 1.54) is 11.1 Å². The molecule has 1 heterocycles. The van der Waals surface area contributed by atoms with Gasteiger partial charge in [-0.15, -0.1) is 0 Å². The molecule has 5 rings (SSSR count). The number of benzene rings is 3. The van der Waals surface area contributed by atoms with Gasteiger partial charge >= 0.3 is 0 Å². The van der Waals surface area contributed by atoms with Gasteiger partial charge in [0.25, 0.3) is 0 Å². The lowest BCUT2D eigenvalue weighted by atomic mass is 10.0. The Bertz CT molecular complexity index is 1030. The van der Waals surface area contributed by atoms with Gasteiger partial charge in [-0.3, -0.25) is 0 Å². The first-order chi connectivity index (χ1) is 13.3. The zero-order chi connectivity index (χ0) is 18.2. The topological polar surface area (TPSA) is 26.0 Å². The van der Waals surface area contributed by atoms with Crippen LogP contribution in [-0.2, 0) is 0 Å². The minimum atomic E-state index is 0.607. The number of rotatable bonds is 4. The number of aromatic nitrogens is 1. The second-order valence-electron chi connectivity index (χ2n) is 7.34. The number of hydrogen-bond acceptors (Lipinski definition) is 2. The maximum atomic E-state index is 5.97. The number of nitrogens with zero attached hydrogens (tertiary/aromatic N) is 1. The summed E-state index contributed by atoms with van der Waals surface area (Å²) in [6.07, 6.45) is 1.81. The summed E-state index contributed by atoms with van der Waals surface area (Å²) in [6, 6.07) is 29.6. The normalized spacial score (nSPS) is 21.1. The Labute approximate surface area is 159 Å². The van der Waals surface area contributed by atoms with Crippen LogP contribution in [0.3, 0.4) is 0 Å². The quantitative estimate of drug-likeness (QED) is 0.418. The molecular formula is C25H21NO. The van der Waals surface area contributed by atoms with Crippen LogP contribution in [0.25, 0.3) is 22.8 Å². The summed E-state index contributed by atoms with van der Waals surface area (Å²) in [4.78, 5) is 4.43. The van der Waals surface area contributed by atoms with Crippen LogP contribution in [0.5, 0.6) is 0 Å². The predicted octanol–water partition coefficient (Wildman–Crippen LogP) is 6.53. The Kier molecular flexibility index (Phi) is 3.90. The summed E-state index contributed by atoms with van der Waals surface area (Å²) in [7, 11) is 0. The third-order valence-corrected chi connectivity index (χ3v) is 5.67. The van der Waals surface area contributed by atoms with E-state index in [4.69, 9.17) is 4.42 Å². The van der Waals surface area contributed by atoms with Crippen molar-refractivity contribution >= 4 is 0 Å². The van der Waals surface area contributed by atoms with Crippen LogP contribution in [0.4, 0.5) is 0 Å². The van der Waals surface area contributed by atoms with Crippen LogP contribution >= 0.6 is 0 Å². The van der Waals surface area contributed by atoms with E-state index >= 15 is 0 Å². The Hall–Kier alpha value is -3.13. The highest BCUT2D eigenvalue weighted by molar-refractivity contribution is 5.61. The molecule has 4 aromatic rings. The molecule has 0 spiro atoms. The third-order valence-electron chi connectivity index (χ3n) is 5.67. The minimum absolute atomic E-state index is 0.607. The van der Waals surface area contributed by atoms with E-state index in [0.29, 0.717) is 23.6 Å². The van der Waals surface area contributed by atoms with Crippen LogP contribution < -0.4 is 0 Å². The van der Waals surface area contributed by atoms with Gasteiger partial charge in [0.05, 0.1) is 6.20 Å². The standard InChI is InChI=1S/C25H21NO/c1-17-23(19-8-4-2-5-9-19)24(17)20-14-12-18(13-15-20)22-16-26-25(27-22)21-10-6-3-7-11-21/h2-17,23-24H,1H3/t17-,23-,24-/m1/s1. The smallest absolute Gasteiger partial charge is 0.226 e. The molecule has 0 aliphatic heterocycles. The maximum Gasteiger partial charge on any atom is 0.226 e. The summed E-state index contributed by atoms with van der Waals surface area (Å²) < 4.78 is 5.97. The fourth-order valence-corrected chi connectivity index (χ4v) is 4.15. The summed E-state index contributed by atoms with van der Waals surface area (Å²) >= 11 is 0. The molecule has 1 saturated carbocycles. The highest BCUT2D eigenvalue weighted by Crippen LogP contribution is 2.60. The minimum Gasteiger partial charge on any atom is -0.436 e. The molecule has 2 heteroatoms. The first-order valence-corrected chi connectivity index (χ1v) is 9.48. The molecule has 0 N–H and O–H groups in total. The summed E-state index contributed by atoms with van der Waals surface area (Å²) in [6.45, 7) is 2.35. The van der Waals surface area contributed by atoms with Gasteiger partial charge in [-0.1, -0.05) is 79.7 Å². The monoisotopic (exact) mass is 351 g/mol. The van der Waals surface area contributed by atoms with E-state index in [0.717, 1.165) is 16.9 Å². The van der Waals surface area contributed by atoms with Crippen molar-refractivity contribution in [3.05, 3.63) is 102 Å². The highest BCUT2D eigenvalue weighted by Gasteiger charge is 2.48. The van der Waals surface area contributed by atoms with Crippen molar-refractivity contribution in [1.29, 1.82) is 0 Å². The zero-order valence-electron chi connectivity index (χ0n) is 15.2. The van der Waals surface area contributed by atoms with Crippen molar-refractivity contribution in [3.63, 3.8) is 0 Å². The van der Waals surface area contributed by atoms with Gasteiger partial charge in [-0.25, -0.2) is 4.98 Å². The fraction of sp³-hybridized carbons (Fsp3) is 0.160. The van der Waals surface area contributed by atoms with Gasteiger partial charge in [-0.05, 0) is 41.0 Å². The molecule has 3 atom stereocenters. The molecule has 2 nitrogen and oxygen atoms in total. The van der Waals surface area contributed by atoms with Crippen molar-refractivity contribution in [3.8, 4) is 22.8 Å². The largest absolute Gasteiger partial charge is 0.436 e. The van der Waals surface area contributed by atoms with Gasteiger partial charge in [-0.2, -0.15) is 0 Å². The van der Waals surface area contributed by atoms with Crippen LogP contribution in [0.1, 0.15) is 29.9 Å². The molecular weight excluding hydrogens is 330 g/mol. The molecule has 0 unspecified atom stereocenters. The number of oxazole rings is 1. The zero-order valence-corrected chi connectivity index (χ0v) is 15.2. The van der Waals surface area contributed by atoms with E-state index < -0.39 is 0 Å². The Balaban J connectivity index is 1.36. The lowest BCUT2D eigenvalue weighted by Gasteiger charge is -2.03. The van der Waals surface area contributed by atoms with Crippen LogP contribution in [0.2, 0.25) is 0 Å². The van der Waals surface area contributed by atoms with Gasteiger partial charge < -0.3 is 4.42 Å². The Morgan fingerprint density at radius 1 is 0.667 bits per heavy atom. The van der Waals surface area contributed by atoms with Gasteiger partial charge in [0.15, 0.2) is 5.76 Å². The SMILES string of the molecule is C[C@@H]1[C@H](c2ccccc2)[C@H]1c1ccc(-c2cnc(-c3ccccc3)o2)cc1. The van der Waals surface area contributed by atoms with Crippen molar-refractivity contribution in [2.24, 2.45) is 5.92 Å². The van der Waals surface area contributed by atoms with Gasteiger partial charge in [0.1, 0.15) is 0 Å². The van der Waals surface area contributed by atoms with E-state index in [-0.39, 0.29) is 0 Å². The van der Waals surface area contributed by atoms with E-state index in [9.17, 15) is 0 Å². The average Bonchev–Trinajstić information content (AvgIpc) is 3.17. The first kappa shape index (κ1) is 16.1. The van der Waals surface area contributed by atoms with Crippen molar-refractivity contribution in [2.75, 3.05) is 0 Å². The second kappa shape index (κ2) is 6.55. The average molecular weight is 351 g/mol. The lowest BCUT2D eigenvalue weighted by Crippen LogP contribution is -1.84. The predicted molar refractivity (Wildman–Crippen MR) is 108 cm³/mol. The highest BCUT2D eigenvalue weighted by atomic mass is 16.4. The van der Waals surface area contributed by atoms with E-state index in [1.54, 1.807) is 0 Å². The van der Waals surface area contributed by atoms with E-state index in [1.807, 2.05) is 36.5 Å². The van der Waals surface area contributed by atoms with E-state index in [2.05, 4.69) is 66.5 Å². The fourth-order valence-electron chi connectivity index (χ4n) is 4.15. The van der Waals surface area contributed by atoms with Gasteiger partial charge in [0.2, 0.25) is 5.89 Å². The Morgan fingerprint density at radius 2 is 1.26 bits per heavy atom. The molecule has 0 amide bonds. The molecule has 132 valence electrons. The molecule has 0 saturated heterocycles. The Morgan fingerprint density at radius 3 is 1.93 bits per heavy atom. The van der Waals surface area contributed by atoms with Crippen LogP contribution in [0, 0.1) is 5.92 Å². The summed E-state index contributed by atoms with van der Waals surface area (Å²) in [5.74, 6) is 3.40. The molecule has 1 aliphatic carbocycles. The second-order valence-corrected chi connectivity index (χ2v) is 7.34. The number of hydrogen-bond donors (Lipinski definition) is 0. The van der Waals surface area contributed by atoms with Crippen LogP contribution in [0.15, 0.2) is 95.5 Å². The van der Waals surface area contributed by atoms with Crippen molar-refractivity contribution in [2.45, 2.75) is 18.8 Å². The molecule has 3 aromatic carbocycles. The molecule has 27 heavy (non-hydrogen) atoms. The van der Waals surface area contributed by atoms with Crippen molar-refractivity contribution in [1.82, 2.24) is 4.98 Å². The molecule has 1 fully saturated rings. The molecule has 1 aromatic heterocycles. The maximum absolute atomic E-state index is 5.97. The summed E-state index contributed by atoms with van der Waals surface area (Å²) in [5.41, 5.74) is 4.92.